The Labute approximate surface area is 257 Å². The molecule has 0 spiro atoms. The van der Waals surface area contributed by atoms with Gasteiger partial charge in [-0.05, 0) is 63.8 Å². The summed E-state index contributed by atoms with van der Waals surface area (Å²) in [6.45, 7) is 12.8. The highest BCUT2D eigenvalue weighted by Crippen LogP contribution is 2.66. The topological polar surface area (TPSA) is 40.2 Å². The van der Waals surface area contributed by atoms with E-state index in [0.717, 1.165) is 22.3 Å². The number of hydrogen-bond donors (Lipinski definition) is 0. The van der Waals surface area contributed by atoms with Crippen molar-refractivity contribution in [2.45, 2.75) is 82.8 Å². The zero-order valence-electron chi connectivity index (χ0n) is 25.9. The van der Waals surface area contributed by atoms with Crippen LogP contribution in [0.25, 0.3) is 0 Å². The van der Waals surface area contributed by atoms with Crippen LogP contribution in [0.2, 0.25) is 0 Å². The van der Waals surface area contributed by atoms with Crippen molar-refractivity contribution in [3.8, 4) is 0 Å². The minimum atomic E-state index is -1.69. The van der Waals surface area contributed by atoms with E-state index in [4.69, 9.17) is 18.5 Å². The Kier molecular flexibility index (Phi) is 8.34. The Morgan fingerprint density at radius 1 is 0.512 bits per heavy atom. The molecule has 2 fully saturated rings. The van der Waals surface area contributed by atoms with Crippen molar-refractivity contribution in [1.29, 1.82) is 0 Å². The van der Waals surface area contributed by atoms with E-state index >= 15 is 0 Å². The summed E-state index contributed by atoms with van der Waals surface area (Å²) in [5.74, 6) is -0.901. The molecule has 2 atom stereocenters. The molecular weight excluding hydrogens is 553 g/mol. The summed E-state index contributed by atoms with van der Waals surface area (Å²) < 4.78 is 31.8. The van der Waals surface area contributed by atoms with Gasteiger partial charge in [-0.2, -0.15) is 0 Å². The molecule has 2 aliphatic rings. The second-order valence-corrected chi connectivity index (χ2v) is 13.7. The molecule has 0 N–H and O–H groups in total. The second kappa shape index (κ2) is 11.9. The number of nitrogens with zero attached hydrogens (tertiary/aromatic N) is 1. The molecule has 6 heteroatoms. The highest BCUT2D eigenvalue weighted by atomic mass is 31.2. The van der Waals surface area contributed by atoms with E-state index in [1.54, 1.807) is 0 Å². The first kappa shape index (κ1) is 30.1. The number of rotatable bonds is 7. The Bertz CT molecular complexity index is 1290. The van der Waals surface area contributed by atoms with Gasteiger partial charge in [0.1, 0.15) is 12.2 Å². The maximum atomic E-state index is 7.62. The predicted octanol–water partition coefficient (Wildman–Crippen LogP) is 8.79. The minimum Gasteiger partial charge on any atom is -0.341 e. The molecule has 0 radical (unpaired) electrons. The van der Waals surface area contributed by atoms with Gasteiger partial charge < -0.3 is 18.5 Å². The molecular formula is C37H42NO4P. The fourth-order valence-electron chi connectivity index (χ4n) is 6.74. The third-order valence-corrected chi connectivity index (χ3v) is 10.6. The van der Waals surface area contributed by atoms with Gasteiger partial charge >= 0.3 is 0 Å². The van der Waals surface area contributed by atoms with Crippen molar-refractivity contribution in [2.24, 2.45) is 0 Å². The monoisotopic (exact) mass is 595 g/mol. The van der Waals surface area contributed by atoms with E-state index in [1.807, 2.05) is 38.1 Å². The van der Waals surface area contributed by atoms with Gasteiger partial charge in [0.05, 0.1) is 0 Å². The first-order valence-corrected chi connectivity index (χ1v) is 16.4. The van der Waals surface area contributed by atoms with E-state index < -0.39 is 37.7 Å². The number of hydrogen-bond acceptors (Lipinski definition) is 5. The second-order valence-electron chi connectivity index (χ2n) is 12.4. The molecule has 0 amide bonds. The van der Waals surface area contributed by atoms with Crippen LogP contribution in [0.5, 0.6) is 0 Å². The third-order valence-electron chi connectivity index (χ3n) is 8.40. The number of benzene rings is 4. The summed E-state index contributed by atoms with van der Waals surface area (Å²) in [5, 5.41) is 0. The average Bonchev–Trinajstić information content (AvgIpc) is 3.29. The highest BCUT2D eigenvalue weighted by molar-refractivity contribution is 7.44. The van der Waals surface area contributed by atoms with Crippen molar-refractivity contribution in [2.75, 3.05) is 0 Å². The summed E-state index contributed by atoms with van der Waals surface area (Å²) >= 11 is 0. The summed E-state index contributed by atoms with van der Waals surface area (Å²) in [5.41, 5.74) is 1.91. The molecule has 224 valence electrons. The molecule has 6 rings (SSSR count). The van der Waals surface area contributed by atoms with Crippen molar-refractivity contribution >= 4 is 8.53 Å². The lowest BCUT2D eigenvalue weighted by Gasteiger charge is -2.44. The van der Waals surface area contributed by atoms with Crippen LogP contribution >= 0.6 is 8.53 Å². The number of ether oxygens (including phenoxy) is 2. The first-order valence-electron chi connectivity index (χ1n) is 15.2. The number of fused-ring (bicyclic) bond motifs is 1. The SMILES string of the molecule is CC(C)N(C(C)C)P1OC(c2ccccc2)(c2ccccc2)C2OC(C)(C)OC2C(c2ccccc2)(c2ccccc2)O1. The lowest BCUT2D eigenvalue weighted by molar-refractivity contribution is -0.175. The molecule has 2 aliphatic heterocycles. The van der Waals surface area contributed by atoms with Crippen molar-refractivity contribution in [3.63, 3.8) is 0 Å². The molecule has 0 saturated carbocycles. The lowest BCUT2D eigenvalue weighted by atomic mass is 9.72. The zero-order valence-corrected chi connectivity index (χ0v) is 26.8. The molecule has 0 aliphatic carbocycles. The van der Waals surface area contributed by atoms with Gasteiger partial charge in [-0.15, -0.1) is 0 Å². The van der Waals surface area contributed by atoms with E-state index in [0.29, 0.717) is 0 Å². The standard InChI is InChI=1S/C37H42NO4P/c1-27(2)38(28(3)4)43-41-36(29-19-11-7-12-20-29,30-21-13-8-14-22-30)33-34(40-35(5,6)39-33)37(42-43,31-23-15-9-16-24-31)32-25-17-10-18-26-32/h7-28,33-34H,1-6H3. The van der Waals surface area contributed by atoms with Gasteiger partial charge in [0, 0.05) is 12.1 Å². The van der Waals surface area contributed by atoms with E-state index in [2.05, 4.69) is 129 Å². The Morgan fingerprint density at radius 2 is 0.791 bits per heavy atom. The van der Waals surface area contributed by atoms with Crippen LogP contribution in [-0.4, -0.2) is 34.7 Å². The van der Waals surface area contributed by atoms with E-state index in [-0.39, 0.29) is 12.1 Å². The van der Waals surface area contributed by atoms with Gasteiger partial charge in [-0.3, -0.25) is 0 Å². The van der Waals surface area contributed by atoms with Crippen LogP contribution < -0.4 is 0 Å². The van der Waals surface area contributed by atoms with Crippen LogP contribution in [0.1, 0.15) is 63.8 Å². The van der Waals surface area contributed by atoms with Gasteiger partial charge in [-0.25, -0.2) is 4.67 Å². The third kappa shape index (κ3) is 5.27. The Hall–Kier alpha value is -2.89. The van der Waals surface area contributed by atoms with Crippen LogP contribution in [0.4, 0.5) is 0 Å². The zero-order chi connectivity index (χ0) is 30.2. The maximum Gasteiger partial charge on any atom is 0.261 e. The van der Waals surface area contributed by atoms with E-state index in [9.17, 15) is 0 Å². The highest BCUT2D eigenvalue weighted by Gasteiger charge is 2.67. The molecule has 4 aromatic rings. The van der Waals surface area contributed by atoms with Gasteiger partial charge in [-0.1, -0.05) is 121 Å². The fourth-order valence-corrected chi connectivity index (χ4v) is 8.84. The Morgan fingerprint density at radius 3 is 1.05 bits per heavy atom. The largest absolute Gasteiger partial charge is 0.341 e. The fraction of sp³-hybridized carbons (Fsp3) is 0.351. The summed E-state index contributed by atoms with van der Waals surface area (Å²) in [6, 6.07) is 42.1. The van der Waals surface area contributed by atoms with Gasteiger partial charge in [0.2, 0.25) is 0 Å². The summed E-state index contributed by atoms with van der Waals surface area (Å²) in [4.78, 5) is 0. The molecule has 0 aromatic heterocycles. The van der Waals surface area contributed by atoms with Crippen LogP contribution in [0.3, 0.4) is 0 Å². The predicted molar refractivity (Wildman–Crippen MR) is 172 cm³/mol. The lowest BCUT2D eigenvalue weighted by Crippen LogP contribution is -2.53. The summed E-state index contributed by atoms with van der Waals surface area (Å²) in [7, 11) is -1.69. The van der Waals surface area contributed by atoms with Crippen LogP contribution in [-0.2, 0) is 29.7 Å². The first-order chi connectivity index (χ1) is 20.7. The molecule has 2 unspecified atom stereocenters. The van der Waals surface area contributed by atoms with E-state index in [1.165, 1.54) is 0 Å². The smallest absolute Gasteiger partial charge is 0.261 e. The van der Waals surface area contributed by atoms with Crippen molar-refractivity contribution in [1.82, 2.24) is 4.67 Å². The normalized spacial score (nSPS) is 24.2. The van der Waals surface area contributed by atoms with Gasteiger partial charge in [0.25, 0.3) is 8.53 Å². The van der Waals surface area contributed by atoms with Gasteiger partial charge in [0.15, 0.2) is 17.0 Å². The molecule has 0 bridgehead atoms. The molecule has 2 saturated heterocycles. The minimum absolute atomic E-state index is 0.149. The molecule has 4 aromatic carbocycles. The molecule has 5 nitrogen and oxygen atoms in total. The quantitative estimate of drug-likeness (QED) is 0.200. The molecule has 43 heavy (non-hydrogen) atoms. The average molecular weight is 596 g/mol. The maximum absolute atomic E-state index is 7.62. The molecule has 2 heterocycles. The van der Waals surface area contributed by atoms with Crippen molar-refractivity contribution < 1.29 is 18.5 Å². The Balaban J connectivity index is 1.74. The van der Waals surface area contributed by atoms with Crippen molar-refractivity contribution in [3.05, 3.63) is 144 Å². The van der Waals surface area contributed by atoms with Crippen LogP contribution in [0.15, 0.2) is 121 Å². The van der Waals surface area contributed by atoms with Crippen LogP contribution in [0, 0.1) is 0 Å². The summed E-state index contributed by atoms with van der Waals surface area (Å²) in [6.07, 6.45) is -1.14.